The number of thiazole rings is 1. The van der Waals surface area contributed by atoms with E-state index in [2.05, 4.69) is 20.9 Å². The lowest BCUT2D eigenvalue weighted by atomic mass is 9.96. The number of benzene rings is 2. The van der Waals surface area contributed by atoms with Crippen molar-refractivity contribution in [1.82, 2.24) is 4.57 Å². The zero-order valence-electron chi connectivity index (χ0n) is 19.3. The number of carbonyl (C=O) groups excluding carboxylic acids is 1. The SMILES string of the molecule is COc1cc(Br)cc(C=c2sc3n(c2=O)C(c2ccc(Cl)cc2)C(C(=O)OC(C)C)=C(C)N=3)c1O. The first-order valence-corrected chi connectivity index (χ1v) is 12.6. The number of hydrogen-bond acceptors (Lipinski definition) is 7. The van der Waals surface area contributed by atoms with Crippen LogP contribution in [0.15, 0.2) is 61.9 Å². The van der Waals surface area contributed by atoms with Crippen LogP contribution in [0.5, 0.6) is 11.5 Å². The number of methoxy groups -OCH3 is 1. The van der Waals surface area contributed by atoms with Crippen LogP contribution < -0.4 is 19.6 Å². The number of carbonyl (C=O) groups is 1. The van der Waals surface area contributed by atoms with Gasteiger partial charge in [-0.05, 0) is 56.7 Å². The summed E-state index contributed by atoms with van der Waals surface area (Å²) in [5, 5.41) is 11.1. The Morgan fingerprint density at radius 2 is 1.97 bits per heavy atom. The van der Waals surface area contributed by atoms with Gasteiger partial charge >= 0.3 is 5.97 Å². The summed E-state index contributed by atoms with van der Waals surface area (Å²) in [5.74, 6) is -0.356. The Morgan fingerprint density at radius 1 is 1.29 bits per heavy atom. The lowest BCUT2D eigenvalue weighted by Gasteiger charge is -2.25. The molecule has 1 aliphatic heterocycles. The maximum atomic E-state index is 13.7. The van der Waals surface area contributed by atoms with Gasteiger partial charge < -0.3 is 14.6 Å². The summed E-state index contributed by atoms with van der Waals surface area (Å²) in [6.45, 7) is 5.25. The Hall–Kier alpha value is -2.88. The number of aromatic hydroxyl groups is 1. The van der Waals surface area contributed by atoms with Crippen molar-refractivity contribution in [2.75, 3.05) is 7.11 Å². The predicted octanol–water partition coefficient (Wildman–Crippen LogP) is 4.32. The summed E-state index contributed by atoms with van der Waals surface area (Å²) in [7, 11) is 1.45. The molecule has 0 aliphatic carbocycles. The molecule has 35 heavy (non-hydrogen) atoms. The van der Waals surface area contributed by atoms with Crippen LogP contribution in [0.25, 0.3) is 6.08 Å². The molecule has 0 radical (unpaired) electrons. The van der Waals surface area contributed by atoms with Gasteiger partial charge in [0.25, 0.3) is 5.56 Å². The molecule has 2 aromatic carbocycles. The van der Waals surface area contributed by atoms with Gasteiger partial charge in [0.1, 0.15) is 0 Å². The van der Waals surface area contributed by atoms with Crippen LogP contribution in [0.1, 0.15) is 37.9 Å². The van der Waals surface area contributed by atoms with Crippen molar-refractivity contribution in [2.45, 2.75) is 32.9 Å². The fourth-order valence-electron chi connectivity index (χ4n) is 3.82. The van der Waals surface area contributed by atoms with E-state index < -0.39 is 12.0 Å². The van der Waals surface area contributed by atoms with E-state index in [4.69, 9.17) is 21.1 Å². The monoisotopic (exact) mass is 576 g/mol. The summed E-state index contributed by atoms with van der Waals surface area (Å²) >= 11 is 10.7. The third kappa shape index (κ3) is 4.94. The fourth-order valence-corrected chi connectivity index (χ4v) is 5.44. The first-order chi connectivity index (χ1) is 16.6. The van der Waals surface area contributed by atoms with Gasteiger partial charge in [-0.25, -0.2) is 9.79 Å². The average Bonchev–Trinajstić information content (AvgIpc) is 3.09. The molecule has 10 heteroatoms. The highest BCUT2D eigenvalue weighted by atomic mass is 79.9. The smallest absolute Gasteiger partial charge is 0.338 e. The van der Waals surface area contributed by atoms with Crippen molar-refractivity contribution >= 4 is 50.9 Å². The maximum absolute atomic E-state index is 13.7. The molecule has 0 spiro atoms. The van der Waals surface area contributed by atoms with Crippen LogP contribution in [0, 0.1) is 0 Å². The number of phenols is 1. The molecule has 2 heterocycles. The molecule has 4 rings (SSSR count). The van der Waals surface area contributed by atoms with Crippen LogP contribution in [0.2, 0.25) is 5.02 Å². The number of ether oxygens (including phenoxy) is 2. The van der Waals surface area contributed by atoms with Gasteiger partial charge in [0.2, 0.25) is 0 Å². The molecule has 1 N–H and O–H groups in total. The van der Waals surface area contributed by atoms with Gasteiger partial charge in [-0.2, -0.15) is 0 Å². The molecule has 0 bridgehead atoms. The standard InChI is InChI=1S/C25H22BrClN2O5S/c1-12(2)34-24(32)20-13(3)28-25-29(21(20)14-5-7-17(27)8-6-14)23(31)19(35-25)10-15-9-16(26)11-18(33-4)22(15)30/h5-12,21,30H,1-4H3. The highest BCUT2D eigenvalue weighted by molar-refractivity contribution is 9.10. The zero-order chi connectivity index (χ0) is 25.4. The predicted molar refractivity (Wildman–Crippen MR) is 139 cm³/mol. The molecule has 7 nitrogen and oxygen atoms in total. The minimum atomic E-state index is -0.748. The summed E-state index contributed by atoms with van der Waals surface area (Å²) in [6.07, 6.45) is 1.24. The first-order valence-electron chi connectivity index (χ1n) is 10.7. The van der Waals surface area contributed by atoms with Crippen molar-refractivity contribution in [1.29, 1.82) is 0 Å². The number of rotatable bonds is 5. The van der Waals surface area contributed by atoms with E-state index >= 15 is 0 Å². The number of halogens is 2. The topological polar surface area (TPSA) is 90.1 Å². The molecule has 182 valence electrons. The van der Waals surface area contributed by atoms with E-state index in [1.54, 1.807) is 63.2 Å². The van der Waals surface area contributed by atoms with Crippen LogP contribution in [-0.2, 0) is 9.53 Å². The number of fused-ring (bicyclic) bond motifs is 1. The summed E-state index contributed by atoms with van der Waals surface area (Å²) < 4.78 is 13.2. The summed E-state index contributed by atoms with van der Waals surface area (Å²) in [6, 6.07) is 9.53. The summed E-state index contributed by atoms with van der Waals surface area (Å²) in [4.78, 5) is 31.8. The number of phenolic OH excluding ortho intramolecular Hbond substituents is 1. The van der Waals surface area contributed by atoms with E-state index in [-0.39, 0.29) is 28.7 Å². The quantitative estimate of drug-likeness (QED) is 0.457. The second-order valence-corrected chi connectivity index (χ2v) is 10.5. The van der Waals surface area contributed by atoms with Gasteiger partial charge in [-0.15, -0.1) is 0 Å². The number of hydrogen-bond donors (Lipinski definition) is 1. The Bertz CT molecular complexity index is 1520. The van der Waals surface area contributed by atoms with E-state index in [0.29, 0.717) is 35.7 Å². The fraction of sp³-hybridized carbons (Fsp3) is 0.240. The maximum Gasteiger partial charge on any atom is 0.338 e. The highest BCUT2D eigenvalue weighted by Crippen LogP contribution is 2.34. The van der Waals surface area contributed by atoms with Crippen LogP contribution in [0.4, 0.5) is 0 Å². The van der Waals surface area contributed by atoms with Crippen LogP contribution >= 0.6 is 38.9 Å². The molecular weight excluding hydrogens is 556 g/mol. The molecule has 0 saturated carbocycles. The number of esters is 1. The molecule has 0 amide bonds. The van der Waals surface area contributed by atoms with Crippen molar-refractivity contribution < 1.29 is 19.4 Å². The molecule has 0 saturated heterocycles. The van der Waals surface area contributed by atoms with Crippen molar-refractivity contribution in [3.8, 4) is 11.5 Å². The van der Waals surface area contributed by atoms with E-state index in [1.165, 1.54) is 23.0 Å². The van der Waals surface area contributed by atoms with E-state index in [0.717, 1.165) is 0 Å². The Morgan fingerprint density at radius 3 is 2.60 bits per heavy atom. The van der Waals surface area contributed by atoms with Crippen molar-refractivity contribution in [2.24, 2.45) is 4.99 Å². The van der Waals surface area contributed by atoms with Gasteiger partial charge in [0.05, 0.1) is 35.1 Å². The lowest BCUT2D eigenvalue weighted by Crippen LogP contribution is -2.40. The third-order valence-electron chi connectivity index (χ3n) is 5.35. The average molecular weight is 578 g/mol. The lowest BCUT2D eigenvalue weighted by molar-refractivity contribution is -0.143. The molecule has 1 aromatic heterocycles. The van der Waals surface area contributed by atoms with Gasteiger partial charge in [0.15, 0.2) is 16.3 Å². The molecule has 1 unspecified atom stereocenters. The van der Waals surface area contributed by atoms with Gasteiger partial charge in [-0.1, -0.05) is 51.0 Å². The molecule has 1 atom stereocenters. The van der Waals surface area contributed by atoms with Gasteiger partial charge in [0, 0.05) is 15.1 Å². The Kier molecular flexibility index (Phi) is 7.21. The first kappa shape index (κ1) is 25.2. The van der Waals surface area contributed by atoms with Crippen molar-refractivity contribution in [3.05, 3.63) is 88.0 Å². The van der Waals surface area contributed by atoms with Gasteiger partial charge in [-0.3, -0.25) is 9.36 Å². The number of aromatic nitrogens is 1. The molecular formula is C25H22BrClN2O5S. The van der Waals surface area contributed by atoms with E-state index in [9.17, 15) is 14.7 Å². The second kappa shape index (κ2) is 10.0. The van der Waals surface area contributed by atoms with Crippen LogP contribution in [0.3, 0.4) is 0 Å². The minimum Gasteiger partial charge on any atom is -0.504 e. The second-order valence-electron chi connectivity index (χ2n) is 8.13. The zero-order valence-corrected chi connectivity index (χ0v) is 22.5. The van der Waals surface area contributed by atoms with Crippen LogP contribution in [-0.4, -0.2) is 28.9 Å². The summed E-state index contributed by atoms with van der Waals surface area (Å²) in [5.41, 5.74) is 1.50. The largest absolute Gasteiger partial charge is 0.504 e. The Labute approximate surface area is 218 Å². The molecule has 1 aliphatic rings. The number of allylic oxidation sites excluding steroid dienone is 1. The van der Waals surface area contributed by atoms with Crippen molar-refractivity contribution in [3.63, 3.8) is 0 Å². The van der Waals surface area contributed by atoms with E-state index in [1.807, 2.05) is 0 Å². The molecule has 3 aromatic rings. The highest BCUT2D eigenvalue weighted by Gasteiger charge is 2.33. The minimum absolute atomic E-state index is 0.0897. The number of nitrogens with zero attached hydrogens (tertiary/aromatic N) is 2. The third-order valence-corrected chi connectivity index (χ3v) is 7.04. The normalized spacial score (nSPS) is 15.7. The molecule has 0 fully saturated rings. The Balaban J connectivity index is 1.97.